The summed E-state index contributed by atoms with van der Waals surface area (Å²) in [4.78, 5) is 28.8. The number of rotatable bonds is 5. The number of fused-ring (bicyclic) bond motifs is 6. The van der Waals surface area contributed by atoms with E-state index in [9.17, 15) is 14.7 Å². The van der Waals surface area contributed by atoms with Gasteiger partial charge >= 0.3 is 0 Å². The lowest BCUT2D eigenvalue weighted by atomic mass is 9.87. The molecule has 0 fully saturated rings. The molecule has 1 unspecified atom stereocenters. The van der Waals surface area contributed by atoms with E-state index in [1.807, 2.05) is 53.4 Å². The number of benzene rings is 4. The van der Waals surface area contributed by atoms with Gasteiger partial charge in [0.1, 0.15) is 17.2 Å². The third-order valence-electron chi connectivity index (χ3n) is 8.28. The van der Waals surface area contributed by atoms with Crippen molar-refractivity contribution >= 4 is 11.8 Å². The minimum Gasteiger partial charge on any atom is -0.507 e. The zero-order valence-electron chi connectivity index (χ0n) is 26.0. The summed E-state index contributed by atoms with van der Waals surface area (Å²) in [5.74, 6) is 2.70. The summed E-state index contributed by atoms with van der Waals surface area (Å²) in [6.07, 6.45) is 1.31. The molecular weight excluding hydrogens is 588 g/mol. The first-order valence-corrected chi connectivity index (χ1v) is 15.1. The summed E-state index contributed by atoms with van der Waals surface area (Å²) < 4.78 is 28.8. The molecule has 3 aliphatic rings. The number of hydrogen-bond donors (Lipinski definition) is 2. The molecular formula is C36H36N2O8. The number of carbonyl (C=O) groups is 2. The van der Waals surface area contributed by atoms with Crippen LogP contribution in [0.2, 0.25) is 0 Å². The highest BCUT2D eigenvalue weighted by molar-refractivity contribution is 5.97. The van der Waals surface area contributed by atoms with E-state index in [0.29, 0.717) is 67.0 Å². The Labute approximate surface area is 267 Å². The van der Waals surface area contributed by atoms with Crippen molar-refractivity contribution in [2.45, 2.75) is 25.3 Å². The van der Waals surface area contributed by atoms with E-state index in [1.165, 1.54) is 12.1 Å². The molecule has 10 heteroatoms. The lowest BCUT2D eigenvalue weighted by Crippen LogP contribution is -2.41. The summed E-state index contributed by atoms with van der Waals surface area (Å²) in [6.45, 7) is 1.12. The molecule has 0 saturated carbocycles. The van der Waals surface area contributed by atoms with Crippen molar-refractivity contribution in [1.29, 1.82) is 0 Å². The molecule has 3 heterocycles. The molecule has 2 amide bonds. The predicted octanol–water partition coefficient (Wildman–Crippen LogP) is 5.44. The van der Waals surface area contributed by atoms with Crippen LogP contribution in [0.15, 0.2) is 72.8 Å². The van der Waals surface area contributed by atoms with Gasteiger partial charge in [0.25, 0.3) is 5.91 Å². The van der Waals surface area contributed by atoms with Crippen molar-refractivity contribution < 1.29 is 38.4 Å². The van der Waals surface area contributed by atoms with Gasteiger partial charge in [-0.25, -0.2) is 0 Å². The fourth-order valence-electron chi connectivity index (χ4n) is 5.99. The first-order chi connectivity index (χ1) is 22.4. The van der Waals surface area contributed by atoms with E-state index in [0.717, 1.165) is 22.3 Å². The Balaban J connectivity index is 1.40. The van der Waals surface area contributed by atoms with Crippen LogP contribution in [0.4, 0.5) is 0 Å². The largest absolute Gasteiger partial charge is 0.507 e. The van der Waals surface area contributed by atoms with Crippen LogP contribution in [-0.2, 0) is 17.6 Å². The van der Waals surface area contributed by atoms with Gasteiger partial charge in [-0.2, -0.15) is 0 Å². The summed E-state index contributed by atoms with van der Waals surface area (Å²) in [5, 5.41) is 13.2. The number of amides is 2. The average molecular weight is 625 g/mol. The minimum absolute atomic E-state index is 0.0315. The number of phenols is 1. The maximum atomic E-state index is 14.1. The van der Waals surface area contributed by atoms with Crippen molar-refractivity contribution in [1.82, 2.24) is 10.2 Å². The molecule has 46 heavy (non-hydrogen) atoms. The molecule has 0 radical (unpaired) electrons. The highest BCUT2D eigenvalue weighted by atomic mass is 16.5. The van der Waals surface area contributed by atoms with Gasteiger partial charge < -0.3 is 39.0 Å². The third kappa shape index (κ3) is 6.24. The van der Waals surface area contributed by atoms with Gasteiger partial charge in [-0.15, -0.1) is 0 Å². The number of methoxy groups -OCH3 is 3. The molecule has 0 aromatic heterocycles. The number of carbonyl (C=O) groups excluding carboxylic acids is 2. The van der Waals surface area contributed by atoms with E-state index < -0.39 is 11.9 Å². The fraction of sp³-hybridized carbons (Fsp3) is 0.278. The Bertz CT molecular complexity index is 1770. The van der Waals surface area contributed by atoms with Crippen LogP contribution in [0.3, 0.4) is 0 Å². The highest BCUT2D eigenvalue weighted by Gasteiger charge is 2.33. The second-order valence-electron chi connectivity index (χ2n) is 11.1. The van der Waals surface area contributed by atoms with Gasteiger partial charge in [-0.1, -0.05) is 18.2 Å². The maximum Gasteiger partial charge on any atom is 0.255 e. The maximum absolute atomic E-state index is 14.1. The van der Waals surface area contributed by atoms with Crippen LogP contribution in [0.5, 0.6) is 40.2 Å². The normalized spacial score (nSPS) is 15.8. The van der Waals surface area contributed by atoms with E-state index >= 15 is 0 Å². The van der Waals surface area contributed by atoms with Crippen molar-refractivity contribution in [3.05, 3.63) is 101 Å². The standard InChI is InChI=1S/C36H36N2O8/c1-42-30-11-5-22(17-32(30)44-3)18-34(40)38-15-13-23-19-25-7-9-27(23)35(38)24-6-12-31(43-2)33(20-24)45-16-4-14-37-36(41)28-21-26(46-25)8-10-29(28)39/h5-12,17,19-21,35,39H,4,13-16,18H2,1-3H3,(H,37,41). The van der Waals surface area contributed by atoms with Gasteiger partial charge in [0.2, 0.25) is 5.91 Å². The smallest absolute Gasteiger partial charge is 0.255 e. The van der Waals surface area contributed by atoms with Crippen LogP contribution in [0, 0.1) is 0 Å². The zero-order chi connectivity index (χ0) is 32.2. The summed E-state index contributed by atoms with van der Waals surface area (Å²) in [5.41, 5.74) is 3.83. The Morgan fingerprint density at radius 3 is 2.48 bits per heavy atom. The molecule has 4 aromatic carbocycles. The highest BCUT2D eigenvalue weighted by Crippen LogP contribution is 2.41. The van der Waals surface area contributed by atoms with Crippen molar-refractivity contribution in [2.24, 2.45) is 0 Å². The van der Waals surface area contributed by atoms with Crippen LogP contribution >= 0.6 is 0 Å². The van der Waals surface area contributed by atoms with Crippen LogP contribution < -0.4 is 29.0 Å². The quantitative estimate of drug-likeness (QED) is 0.302. The zero-order valence-corrected chi connectivity index (χ0v) is 26.0. The average Bonchev–Trinajstić information content (AvgIpc) is 3.07. The minimum atomic E-state index is -0.408. The second-order valence-corrected chi connectivity index (χ2v) is 11.1. The predicted molar refractivity (Wildman–Crippen MR) is 171 cm³/mol. The van der Waals surface area contributed by atoms with Gasteiger partial charge in [-0.05, 0) is 89.7 Å². The summed E-state index contributed by atoms with van der Waals surface area (Å²) in [6, 6.07) is 21.2. The molecule has 3 aliphatic heterocycles. The molecule has 10 nitrogen and oxygen atoms in total. The van der Waals surface area contributed by atoms with Gasteiger partial charge in [0.15, 0.2) is 23.0 Å². The van der Waals surface area contributed by atoms with Crippen molar-refractivity contribution in [2.75, 3.05) is 41.0 Å². The SMILES string of the molecule is COc1ccc(CC(=O)N2CCc3cc4ccc3C2c2ccc(OC)c(c2)OCCCNC(=O)c2cc(ccc2O)O4)cc1OC. The van der Waals surface area contributed by atoms with Crippen molar-refractivity contribution in [3.63, 3.8) is 0 Å². The number of nitrogens with one attached hydrogen (secondary N) is 1. The molecule has 0 spiro atoms. The lowest BCUT2D eigenvalue weighted by Gasteiger charge is -2.38. The molecule has 4 aromatic rings. The van der Waals surface area contributed by atoms with Crippen LogP contribution in [0.1, 0.15) is 45.1 Å². The topological polar surface area (TPSA) is 116 Å². The fourth-order valence-corrected chi connectivity index (χ4v) is 5.99. The number of ether oxygens (including phenoxy) is 5. The molecule has 0 saturated heterocycles. The van der Waals surface area contributed by atoms with Gasteiger partial charge in [0, 0.05) is 13.1 Å². The van der Waals surface area contributed by atoms with E-state index in [-0.39, 0.29) is 23.6 Å². The first-order valence-electron chi connectivity index (χ1n) is 15.1. The number of hydrogen-bond acceptors (Lipinski definition) is 8. The van der Waals surface area contributed by atoms with E-state index in [1.54, 1.807) is 33.5 Å². The van der Waals surface area contributed by atoms with E-state index in [2.05, 4.69) is 5.32 Å². The second kappa shape index (κ2) is 13.3. The Hall–Kier alpha value is -5.38. The summed E-state index contributed by atoms with van der Waals surface area (Å²) in [7, 11) is 4.74. The molecule has 0 aliphatic carbocycles. The molecule has 8 bridgehead atoms. The first kappa shape index (κ1) is 30.6. The van der Waals surface area contributed by atoms with Crippen LogP contribution in [-0.4, -0.2) is 62.8 Å². The van der Waals surface area contributed by atoms with Crippen LogP contribution in [0.25, 0.3) is 0 Å². The number of aromatic hydroxyl groups is 1. The van der Waals surface area contributed by atoms with Gasteiger partial charge in [-0.3, -0.25) is 9.59 Å². The number of phenolic OH excluding ortho intramolecular Hbond substituents is 1. The molecule has 1 atom stereocenters. The molecule has 7 rings (SSSR count). The van der Waals surface area contributed by atoms with Gasteiger partial charge in [0.05, 0.1) is 46.0 Å². The Morgan fingerprint density at radius 2 is 1.67 bits per heavy atom. The monoisotopic (exact) mass is 624 g/mol. The summed E-state index contributed by atoms with van der Waals surface area (Å²) >= 11 is 0. The third-order valence-corrected chi connectivity index (χ3v) is 8.28. The Kier molecular flexibility index (Phi) is 8.87. The number of nitrogens with zero attached hydrogens (tertiary/aromatic N) is 1. The molecule has 2 N–H and O–H groups in total. The van der Waals surface area contributed by atoms with Crippen molar-refractivity contribution in [3.8, 4) is 40.2 Å². The Morgan fingerprint density at radius 1 is 0.913 bits per heavy atom. The lowest BCUT2D eigenvalue weighted by molar-refractivity contribution is -0.132. The van der Waals surface area contributed by atoms with E-state index in [4.69, 9.17) is 23.7 Å². The molecule has 238 valence electrons.